The molecule has 142 valence electrons. The Morgan fingerprint density at radius 2 is 2.12 bits per heavy atom. The van der Waals surface area contributed by atoms with Crippen molar-refractivity contribution in [3.63, 3.8) is 0 Å². The Hall–Kier alpha value is -1.34. The number of rotatable bonds is 9. The van der Waals surface area contributed by atoms with E-state index in [0.717, 1.165) is 31.4 Å². The number of nitriles is 1. The molecule has 2 unspecified atom stereocenters. The van der Waals surface area contributed by atoms with Crippen molar-refractivity contribution in [1.29, 1.82) is 5.26 Å². The molecule has 1 saturated carbocycles. The average molecular weight is 349 g/mol. The highest BCUT2D eigenvalue weighted by molar-refractivity contribution is 5.93. The van der Waals surface area contributed by atoms with Crippen molar-refractivity contribution in [2.75, 3.05) is 13.2 Å². The first-order valence-corrected chi connectivity index (χ1v) is 9.89. The molecule has 1 aliphatic rings. The average Bonchev–Trinajstić information content (AvgIpc) is 2.54. The largest absolute Gasteiger partial charge is 0.462 e. The molecule has 4 heteroatoms. The van der Waals surface area contributed by atoms with Crippen LogP contribution in [0.3, 0.4) is 0 Å². The van der Waals surface area contributed by atoms with Gasteiger partial charge in [0.05, 0.1) is 6.61 Å². The predicted octanol–water partition coefficient (Wildman–Crippen LogP) is 4.75. The maximum Gasteiger partial charge on any atom is 0.348 e. The van der Waals surface area contributed by atoms with Gasteiger partial charge in [-0.2, -0.15) is 5.26 Å². The van der Waals surface area contributed by atoms with Crippen LogP contribution in [0.2, 0.25) is 0 Å². The zero-order valence-electron chi connectivity index (χ0n) is 16.8. The lowest BCUT2D eigenvalue weighted by molar-refractivity contribution is -0.138. The molecule has 0 saturated heterocycles. The molecule has 0 aromatic carbocycles. The van der Waals surface area contributed by atoms with Gasteiger partial charge in [-0.1, -0.05) is 47.0 Å². The van der Waals surface area contributed by atoms with Crippen molar-refractivity contribution < 1.29 is 9.53 Å². The highest BCUT2D eigenvalue weighted by Gasteiger charge is 2.33. The van der Waals surface area contributed by atoms with Gasteiger partial charge in [-0.05, 0) is 56.1 Å². The van der Waals surface area contributed by atoms with E-state index in [4.69, 9.17) is 4.74 Å². The second kappa shape index (κ2) is 10.6. The SMILES string of the molecule is CCCCC(CC)CNC1C/C(=C(/C#N)C(=O)OCC)CC(C)(C)C1. The molecule has 0 aliphatic heterocycles. The second-order valence-corrected chi connectivity index (χ2v) is 8.08. The van der Waals surface area contributed by atoms with Gasteiger partial charge in [-0.25, -0.2) is 4.79 Å². The third-order valence-corrected chi connectivity index (χ3v) is 5.17. The van der Waals surface area contributed by atoms with Gasteiger partial charge in [0.15, 0.2) is 0 Å². The van der Waals surface area contributed by atoms with E-state index >= 15 is 0 Å². The monoisotopic (exact) mass is 348 g/mol. The summed E-state index contributed by atoms with van der Waals surface area (Å²) in [5, 5.41) is 13.2. The van der Waals surface area contributed by atoms with Crippen LogP contribution in [-0.2, 0) is 9.53 Å². The molecule has 0 bridgehead atoms. The quantitative estimate of drug-likeness (QED) is 0.371. The summed E-state index contributed by atoms with van der Waals surface area (Å²) in [6.45, 7) is 12.0. The van der Waals surface area contributed by atoms with E-state index in [2.05, 4.69) is 39.1 Å². The standard InChI is InChI=1S/C21H36N2O2/c1-6-9-10-16(7-2)15-23-18-11-17(12-21(4,5)13-18)19(14-22)20(24)25-8-3/h16,18,23H,6-13,15H2,1-5H3/b19-17+. The van der Waals surface area contributed by atoms with Crippen molar-refractivity contribution >= 4 is 5.97 Å². The van der Waals surface area contributed by atoms with Crippen molar-refractivity contribution in [3.05, 3.63) is 11.1 Å². The first-order valence-electron chi connectivity index (χ1n) is 9.89. The van der Waals surface area contributed by atoms with E-state index < -0.39 is 5.97 Å². The lowest BCUT2D eigenvalue weighted by atomic mass is 9.71. The van der Waals surface area contributed by atoms with Crippen LogP contribution in [0.4, 0.5) is 0 Å². The number of carbonyl (C=O) groups is 1. The minimum Gasteiger partial charge on any atom is -0.462 e. The lowest BCUT2D eigenvalue weighted by Crippen LogP contribution is -2.40. The number of carbonyl (C=O) groups excluding carboxylic acids is 1. The van der Waals surface area contributed by atoms with Gasteiger partial charge in [0.25, 0.3) is 0 Å². The van der Waals surface area contributed by atoms with Crippen molar-refractivity contribution in [1.82, 2.24) is 5.32 Å². The first kappa shape index (κ1) is 21.7. The van der Waals surface area contributed by atoms with Gasteiger partial charge in [0.1, 0.15) is 11.6 Å². The molecule has 0 aromatic rings. The molecule has 0 aromatic heterocycles. The number of hydrogen-bond donors (Lipinski definition) is 1. The summed E-state index contributed by atoms with van der Waals surface area (Å²) in [7, 11) is 0. The Morgan fingerprint density at radius 3 is 2.68 bits per heavy atom. The fourth-order valence-electron chi connectivity index (χ4n) is 3.84. The summed E-state index contributed by atoms with van der Waals surface area (Å²) in [5.74, 6) is 0.240. The third kappa shape index (κ3) is 7.20. The van der Waals surface area contributed by atoms with Crippen molar-refractivity contribution in [2.45, 2.75) is 85.6 Å². The Balaban J connectivity index is 2.82. The number of nitrogens with one attached hydrogen (secondary N) is 1. The molecule has 4 nitrogen and oxygen atoms in total. The number of nitrogens with zero attached hydrogens (tertiary/aromatic N) is 1. The molecule has 1 N–H and O–H groups in total. The maximum absolute atomic E-state index is 12.1. The fourth-order valence-corrected chi connectivity index (χ4v) is 3.84. The molecule has 0 spiro atoms. The highest BCUT2D eigenvalue weighted by Crippen LogP contribution is 2.40. The molecular weight excluding hydrogens is 312 g/mol. The van der Waals surface area contributed by atoms with E-state index in [-0.39, 0.29) is 11.0 Å². The van der Waals surface area contributed by atoms with Gasteiger partial charge in [0, 0.05) is 6.04 Å². The normalized spacial score (nSPS) is 22.8. The van der Waals surface area contributed by atoms with Crippen LogP contribution >= 0.6 is 0 Å². The summed E-state index contributed by atoms with van der Waals surface area (Å²) in [6, 6.07) is 2.42. The van der Waals surface area contributed by atoms with E-state index in [0.29, 0.717) is 18.6 Å². The molecule has 0 radical (unpaired) electrons. The summed E-state index contributed by atoms with van der Waals surface area (Å²) < 4.78 is 5.07. The van der Waals surface area contributed by atoms with Crippen LogP contribution in [0, 0.1) is 22.7 Å². The van der Waals surface area contributed by atoms with Crippen molar-refractivity contribution in [2.24, 2.45) is 11.3 Å². The fraction of sp³-hybridized carbons (Fsp3) is 0.810. The van der Waals surface area contributed by atoms with E-state index in [1.807, 2.05) is 0 Å². The molecule has 2 atom stereocenters. The minimum absolute atomic E-state index is 0.0883. The van der Waals surface area contributed by atoms with Crippen LogP contribution in [0.15, 0.2) is 11.1 Å². The molecule has 0 heterocycles. The second-order valence-electron chi connectivity index (χ2n) is 8.08. The molecule has 0 amide bonds. The zero-order valence-corrected chi connectivity index (χ0v) is 16.8. The third-order valence-electron chi connectivity index (χ3n) is 5.17. The summed E-state index contributed by atoms with van der Waals surface area (Å²) in [6.07, 6.45) is 7.62. The molecule has 1 aliphatic carbocycles. The molecule has 1 rings (SSSR count). The number of esters is 1. The van der Waals surface area contributed by atoms with Crippen LogP contribution in [0.25, 0.3) is 0 Å². The Kier molecular flexibility index (Phi) is 9.21. The van der Waals surface area contributed by atoms with Crippen LogP contribution < -0.4 is 5.32 Å². The Bertz CT molecular complexity index is 503. The smallest absolute Gasteiger partial charge is 0.348 e. The van der Waals surface area contributed by atoms with Gasteiger partial charge in [-0.15, -0.1) is 0 Å². The summed E-state index contributed by atoms with van der Waals surface area (Å²) >= 11 is 0. The topological polar surface area (TPSA) is 62.1 Å². The maximum atomic E-state index is 12.1. The lowest BCUT2D eigenvalue weighted by Gasteiger charge is -2.38. The molecule has 1 fully saturated rings. The van der Waals surface area contributed by atoms with Crippen LogP contribution in [-0.4, -0.2) is 25.2 Å². The van der Waals surface area contributed by atoms with Crippen LogP contribution in [0.1, 0.15) is 79.6 Å². The molecule has 25 heavy (non-hydrogen) atoms. The number of ether oxygens (including phenoxy) is 1. The summed E-state index contributed by atoms with van der Waals surface area (Å²) in [4.78, 5) is 12.1. The predicted molar refractivity (Wildman–Crippen MR) is 102 cm³/mol. The van der Waals surface area contributed by atoms with Crippen molar-refractivity contribution in [3.8, 4) is 6.07 Å². The van der Waals surface area contributed by atoms with Gasteiger partial charge < -0.3 is 10.1 Å². The van der Waals surface area contributed by atoms with E-state index in [9.17, 15) is 10.1 Å². The van der Waals surface area contributed by atoms with Crippen LogP contribution in [0.5, 0.6) is 0 Å². The Morgan fingerprint density at radius 1 is 1.40 bits per heavy atom. The van der Waals surface area contributed by atoms with E-state index in [1.54, 1.807) is 6.92 Å². The molecular formula is C21H36N2O2. The van der Waals surface area contributed by atoms with E-state index in [1.165, 1.54) is 25.7 Å². The van der Waals surface area contributed by atoms with Gasteiger partial charge >= 0.3 is 5.97 Å². The highest BCUT2D eigenvalue weighted by atomic mass is 16.5. The Labute approximate surface area is 154 Å². The number of hydrogen-bond acceptors (Lipinski definition) is 4. The van der Waals surface area contributed by atoms with Gasteiger partial charge in [0.2, 0.25) is 0 Å². The minimum atomic E-state index is -0.467. The van der Waals surface area contributed by atoms with Gasteiger partial charge in [-0.3, -0.25) is 0 Å². The number of unbranched alkanes of at least 4 members (excludes halogenated alkanes) is 1. The summed E-state index contributed by atoms with van der Waals surface area (Å²) in [5.41, 5.74) is 1.26. The zero-order chi connectivity index (χ0) is 18.9. The first-order chi connectivity index (χ1) is 11.9.